The Labute approximate surface area is 192 Å². The van der Waals surface area contributed by atoms with Gasteiger partial charge in [-0.15, -0.1) is 0 Å². The van der Waals surface area contributed by atoms with Crippen LogP contribution in [0.3, 0.4) is 0 Å². The van der Waals surface area contributed by atoms with Crippen LogP contribution in [-0.2, 0) is 9.59 Å². The van der Waals surface area contributed by atoms with E-state index in [1.165, 1.54) is 16.7 Å². The molecule has 0 spiro atoms. The molecule has 0 radical (unpaired) electrons. The van der Waals surface area contributed by atoms with E-state index < -0.39 is 0 Å². The molecule has 3 aromatic rings. The minimum absolute atomic E-state index is 0.294. The zero-order valence-corrected chi connectivity index (χ0v) is 19.2. The van der Waals surface area contributed by atoms with Crippen molar-refractivity contribution >= 4 is 34.8 Å². The number of anilines is 1. The molecule has 162 valence electrons. The highest BCUT2D eigenvalue weighted by Gasteiger charge is 2.41. The molecule has 1 aliphatic rings. The van der Waals surface area contributed by atoms with Crippen molar-refractivity contribution in [3.8, 4) is 5.75 Å². The number of carbonyl (C=O) groups is 2. The van der Waals surface area contributed by atoms with E-state index in [0.29, 0.717) is 28.3 Å². The van der Waals surface area contributed by atoms with Gasteiger partial charge in [-0.1, -0.05) is 66.7 Å². The van der Waals surface area contributed by atoms with Gasteiger partial charge in [-0.2, -0.15) is 0 Å². The summed E-state index contributed by atoms with van der Waals surface area (Å²) in [7, 11) is 0. The van der Waals surface area contributed by atoms with Crippen LogP contribution < -0.4 is 9.64 Å². The van der Waals surface area contributed by atoms with E-state index in [4.69, 9.17) is 4.74 Å². The lowest BCUT2D eigenvalue weighted by atomic mass is 10.1. The lowest BCUT2D eigenvalue weighted by Gasteiger charge is -2.18. The molecule has 1 heterocycles. The van der Waals surface area contributed by atoms with E-state index in [0.717, 1.165) is 28.2 Å². The topological polar surface area (TPSA) is 46.6 Å². The molecule has 0 atom stereocenters. The second-order valence-electron chi connectivity index (χ2n) is 7.73. The van der Waals surface area contributed by atoms with Crippen LogP contribution in [0.1, 0.15) is 30.0 Å². The number of amides is 2. The first-order valence-corrected chi connectivity index (χ1v) is 11.5. The molecule has 3 aromatic carbocycles. The smallest absolute Gasteiger partial charge is 0.272 e. The first-order valence-electron chi connectivity index (χ1n) is 10.7. The van der Waals surface area contributed by atoms with E-state index >= 15 is 0 Å². The Bertz CT molecular complexity index is 1180. The highest BCUT2D eigenvalue weighted by molar-refractivity contribution is 8.04. The fourth-order valence-corrected chi connectivity index (χ4v) is 4.69. The fraction of sp³-hybridized carbons (Fsp3) is 0.185. The van der Waals surface area contributed by atoms with E-state index in [2.05, 4.69) is 6.92 Å². The molecular formula is C27H25NO3S. The van der Waals surface area contributed by atoms with Crippen molar-refractivity contribution in [3.63, 3.8) is 0 Å². The van der Waals surface area contributed by atoms with E-state index in [1.54, 1.807) is 0 Å². The van der Waals surface area contributed by atoms with Crippen molar-refractivity contribution in [2.75, 3.05) is 11.5 Å². The van der Waals surface area contributed by atoms with Crippen LogP contribution >= 0.6 is 11.8 Å². The number of aryl methyl sites for hydroxylation is 2. The maximum absolute atomic E-state index is 13.6. The Balaban J connectivity index is 1.77. The third-order valence-electron chi connectivity index (χ3n) is 5.21. The van der Waals surface area contributed by atoms with Crippen molar-refractivity contribution in [2.45, 2.75) is 32.1 Å². The molecule has 2 amide bonds. The summed E-state index contributed by atoms with van der Waals surface area (Å²) in [6.45, 7) is 6.60. The van der Waals surface area contributed by atoms with Gasteiger partial charge >= 0.3 is 0 Å². The fourth-order valence-electron chi connectivity index (χ4n) is 3.68. The summed E-state index contributed by atoms with van der Waals surface area (Å²) in [6, 6.07) is 22.8. The Morgan fingerprint density at radius 2 is 1.59 bits per heavy atom. The summed E-state index contributed by atoms with van der Waals surface area (Å²) < 4.78 is 5.68. The summed E-state index contributed by atoms with van der Waals surface area (Å²) >= 11 is 1.33. The van der Waals surface area contributed by atoms with Crippen molar-refractivity contribution in [1.82, 2.24) is 0 Å². The highest BCUT2D eigenvalue weighted by Crippen LogP contribution is 2.42. The molecular weight excluding hydrogens is 418 g/mol. The largest absolute Gasteiger partial charge is 0.494 e. The molecule has 5 heteroatoms. The Hall–Kier alpha value is -3.31. The molecule has 0 unspecified atom stereocenters. The standard InChI is InChI=1S/C27H25NO3S/c1-4-16-31-21-13-11-20(12-14-21)24-25(32-22-8-6-5-7-9-22)27(30)28(26(24)29)23-15-10-18(2)17-19(23)3/h5-15,17H,4,16H2,1-3H3. The third kappa shape index (κ3) is 4.34. The predicted octanol–water partition coefficient (Wildman–Crippen LogP) is 6.17. The number of hydrogen-bond donors (Lipinski definition) is 0. The summed E-state index contributed by atoms with van der Waals surface area (Å²) in [5.74, 6) is 0.149. The van der Waals surface area contributed by atoms with Gasteiger partial charge in [0, 0.05) is 4.90 Å². The minimum atomic E-state index is -0.303. The van der Waals surface area contributed by atoms with Crippen molar-refractivity contribution in [2.24, 2.45) is 0 Å². The molecule has 1 aliphatic heterocycles. The zero-order chi connectivity index (χ0) is 22.7. The van der Waals surface area contributed by atoms with Crippen molar-refractivity contribution in [3.05, 3.63) is 94.4 Å². The molecule has 0 aromatic heterocycles. The number of imide groups is 1. The SMILES string of the molecule is CCCOc1ccc(C2=C(Sc3ccccc3)C(=O)N(c3ccc(C)cc3C)C2=O)cc1. The van der Waals surface area contributed by atoms with Gasteiger partial charge in [0.05, 0.1) is 22.8 Å². The van der Waals surface area contributed by atoms with E-state index in [-0.39, 0.29) is 11.8 Å². The van der Waals surface area contributed by atoms with Gasteiger partial charge in [-0.3, -0.25) is 9.59 Å². The molecule has 0 aliphatic carbocycles. The number of benzene rings is 3. The van der Waals surface area contributed by atoms with Gasteiger partial charge in [0.2, 0.25) is 0 Å². The van der Waals surface area contributed by atoms with Crippen LogP contribution in [0.2, 0.25) is 0 Å². The van der Waals surface area contributed by atoms with E-state index in [1.807, 2.05) is 86.6 Å². The van der Waals surface area contributed by atoms with Crippen LogP contribution in [0.5, 0.6) is 5.75 Å². The number of hydrogen-bond acceptors (Lipinski definition) is 4. The first kappa shape index (κ1) is 21.9. The Morgan fingerprint density at radius 1 is 0.875 bits per heavy atom. The van der Waals surface area contributed by atoms with Crippen molar-refractivity contribution < 1.29 is 14.3 Å². The molecule has 32 heavy (non-hydrogen) atoms. The minimum Gasteiger partial charge on any atom is -0.494 e. The maximum Gasteiger partial charge on any atom is 0.272 e. The molecule has 0 saturated carbocycles. The average Bonchev–Trinajstić information content (AvgIpc) is 3.03. The molecule has 4 rings (SSSR count). The first-order chi connectivity index (χ1) is 15.5. The number of carbonyl (C=O) groups excluding carboxylic acids is 2. The number of rotatable bonds is 7. The monoisotopic (exact) mass is 443 g/mol. The van der Waals surface area contributed by atoms with Gasteiger partial charge in [0.1, 0.15) is 5.75 Å². The summed E-state index contributed by atoms with van der Waals surface area (Å²) in [4.78, 5) is 29.8. The van der Waals surface area contributed by atoms with Crippen LogP contribution in [-0.4, -0.2) is 18.4 Å². The average molecular weight is 444 g/mol. The quantitative estimate of drug-likeness (QED) is 0.410. The zero-order valence-electron chi connectivity index (χ0n) is 18.4. The molecule has 0 saturated heterocycles. The van der Waals surface area contributed by atoms with Crippen LogP contribution in [0, 0.1) is 13.8 Å². The molecule has 0 bridgehead atoms. The number of nitrogens with zero attached hydrogens (tertiary/aromatic N) is 1. The second-order valence-corrected chi connectivity index (χ2v) is 8.81. The van der Waals surface area contributed by atoms with E-state index in [9.17, 15) is 9.59 Å². The van der Waals surface area contributed by atoms with Crippen LogP contribution in [0.4, 0.5) is 5.69 Å². The molecule has 4 nitrogen and oxygen atoms in total. The predicted molar refractivity (Wildman–Crippen MR) is 130 cm³/mol. The maximum atomic E-state index is 13.6. The lowest BCUT2D eigenvalue weighted by Crippen LogP contribution is -2.31. The highest BCUT2D eigenvalue weighted by atomic mass is 32.2. The Morgan fingerprint density at radius 3 is 2.25 bits per heavy atom. The summed E-state index contributed by atoms with van der Waals surface area (Å²) in [5, 5.41) is 0. The van der Waals surface area contributed by atoms with Gasteiger partial charge in [0.15, 0.2) is 0 Å². The molecule has 0 N–H and O–H groups in total. The van der Waals surface area contributed by atoms with Crippen LogP contribution in [0.15, 0.2) is 82.6 Å². The van der Waals surface area contributed by atoms with Crippen molar-refractivity contribution in [1.29, 1.82) is 0 Å². The summed E-state index contributed by atoms with van der Waals surface area (Å²) in [5.41, 5.74) is 3.72. The normalized spacial score (nSPS) is 13.8. The third-order valence-corrected chi connectivity index (χ3v) is 6.30. The second kappa shape index (κ2) is 9.45. The number of thioether (sulfide) groups is 1. The van der Waals surface area contributed by atoms with Gasteiger partial charge in [0.25, 0.3) is 11.8 Å². The van der Waals surface area contributed by atoms with Gasteiger partial charge < -0.3 is 4.74 Å². The van der Waals surface area contributed by atoms with Gasteiger partial charge in [-0.25, -0.2) is 4.90 Å². The van der Waals surface area contributed by atoms with Gasteiger partial charge in [-0.05, 0) is 61.7 Å². The van der Waals surface area contributed by atoms with Crippen LogP contribution in [0.25, 0.3) is 5.57 Å². The molecule has 0 fully saturated rings. The lowest BCUT2D eigenvalue weighted by molar-refractivity contribution is -0.119. The number of ether oxygens (including phenoxy) is 1. The Kier molecular flexibility index (Phi) is 6.47. The summed E-state index contributed by atoms with van der Waals surface area (Å²) in [6.07, 6.45) is 0.919.